The molecule has 18 heavy (non-hydrogen) atoms. The van der Waals surface area contributed by atoms with Crippen LogP contribution in [0, 0.1) is 0 Å². The Bertz CT molecular complexity index is 445. The maximum Gasteiger partial charge on any atom is 0.254 e. The van der Waals surface area contributed by atoms with Crippen LogP contribution in [0.25, 0.3) is 0 Å². The highest BCUT2D eigenvalue weighted by molar-refractivity contribution is 9.11. The Morgan fingerprint density at radius 3 is 2.61 bits per heavy atom. The molecule has 1 aromatic carbocycles. The molecule has 1 N–H and O–H groups in total. The van der Waals surface area contributed by atoms with Crippen LogP contribution in [0.15, 0.2) is 27.1 Å². The number of hydrogen-bond donors (Lipinski definition) is 1. The summed E-state index contributed by atoms with van der Waals surface area (Å²) in [5.41, 5.74) is 0.722. The number of halogens is 2. The molecule has 0 bridgehead atoms. The Balaban J connectivity index is 2.14. The second-order valence-electron chi connectivity index (χ2n) is 4.52. The van der Waals surface area contributed by atoms with E-state index in [2.05, 4.69) is 37.2 Å². The molecule has 1 heterocycles. The molecule has 0 aliphatic carbocycles. The first-order chi connectivity index (χ1) is 8.59. The Morgan fingerprint density at radius 1 is 1.33 bits per heavy atom. The molecule has 98 valence electrons. The van der Waals surface area contributed by atoms with Crippen LogP contribution in [0.4, 0.5) is 0 Å². The number of nitrogens with one attached hydrogen (secondary N) is 1. The molecular formula is C13H16Br2N2O. The van der Waals surface area contributed by atoms with E-state index >= 15 is 0 Å². The average Bonchev–Trinajstić information content (AvgIpc) is 2.38. The molecule has 3 nitrogen and oxygen atoms in total. The summed E-state index contributed by atoms with van der Waals surface area (Å²) in [5.74, 6) is 0.0845. The molecule has 1 saturated heterocycles. The largest absolute Gasteiger partial charge is 0.339 e. The monoisotopic (exact) mass is 374 g/mol. The summed E-state index contributed by atoms with van der Waals surface area (Å²) in [6, 6.07) is 6.00. The highest BCUT2D eigenvalue weighted by Gasteiger charge is 2.23. The summed E-state index contributed by atoms with van der Waals surface area (Å²) in [6.45, 7) is 1.98. The minimum atomic E-state index is 0.0845. The molecule has 2 rings (SSSR count). The Kier molecular flexibility index (Phi) is 4.81. The van der Waals surface area contributed by atoms with Crippen molar-refractivity contribution in [2.45, 2.75) is 18.9 Å². The zero-order valence-corrected chi connectivity index (χ0v) is 13.4. The normalized spacial score (nSPS) is 16.6. The van der Waals surface area contributed by atoms with E-state index in [0.29, 0.717) is 6.04 Å². The van der Waals surface area contributed by atoms with Crippen LogP contribution in [-0.2, 0) is 0 Å². The number of amides is 1. The first kappa shape index (κ1) is 14.0. The third-order valence-electron chi connectivity index (χ3n) is 3.34. The standard InChI is InChI=1S/C13H16Br2N2O/c1-17(10-4-6-16-7-5-10)13(18)11-3-2-9(14)8-12(11)15/h2-3,8,10,16H,4-7H2,1H3. The van der Waals surface area contributed by atoms with E-state index in [1.807, 2.05) is 30.1 Å². The maximum atomic E-state index is 12.4. The fourth-order valence-electron chi connectivity index (χ4n) is 2.21. The molecule has 0 spiro atoms. The van der Waals surface area contributed by atoms with E-state index in [4.69, 9.17) is 0 Å². The van der Waals surface area contributed by atoms with E-state index < -0.39 is 0 Å². The van der Waals surface area contributed by atoms with Gasteiger partial charge in [-0.2, -0.15) is 0 Å². The van der Waals surface area contributed by atoms with Crippen LogP contribution < -0.4 is 5.32 Å². The summed E-state index contributed by atoms with van der Waals surface area (Å²) in [7, 11) is 1.90. The van der Waals surface area contributed by atoms with Crippen molar-refractivity contribution < 1.29 is 4.79 Å². The SMILES string of the molecule is CN(C(=O)c1ccc(Br)cc1Br)C1CCNCC1. The predicted molar refractivity (Wildman–Crippen MR) is 79.8 cm³/mol. The van der Waals surface area contributed by atoms with Crippen LogP contribution in [-0.4, -0.2) is 37.0 Å². The van der Waals surface area contributed by atoms with Crippen LogP contribution in [0.2, 0.25) is 0 Å². The van der Waals surface area contributed by atoms with Crippen molar-refractivity contribution in [3.05, 3.63) is 32.7 Å². The summed E-state index contributed by atoms with van der Waals surface area (Å²) in [5, 5.41) is 3.31. The Hall–Kier alpha value is -0.390. The molecule has 0 unspecified atom stereocenters. The highest BCUT2D eigenvalue weighted by atomic mass is 79.9. The lowest BCUT2D eigenvalue weighted by atomic mass is 10.0. The zero-order chi connectivity index (χ0) is 13.1. The van der Waals surface area contributed by atoms with Crippen molar-refractivity contribution in [2.24, 2.45) is 0 Å². The van der Waals surface area contributed by atoms with E-state index in [1.165, 1.54) is 0 Å². The van der Waals surface area contributed by atoms with E-state index in [9.17, 15) is 4.79 Å². The van der Waals surface area contributed by atoms with Gasteiger partial charge in [0.25, 0.3) is 5.91 Å². The molecule has 0 radical (unpaired) electrons. The second kappa shape index (κ2) is 6.17. The molecule has 1 fully saturated rings. The average molecular weight is 376 g/mol. The lowest BCUT2D eigenvalue weighted by molar-refractivity contribution is 0.0702. The molecule has 1 aromatic rings. The lowest BCUT2D eigenvalue weighted by Gasteiger charge is -2.32. The molecule has 0 saturated carbocycles. The fraction of sp³-hybridized carbons (Fsp3) is 0.462. The van der Waals surface area contributed by atoms with E-state index in [1.54, 1.807) is 0 Å². The number of piperidine rings is 1. The maximum absolute atomic E-state index is 12.4. The van der Waals surface area contributed by atoms with Crippen molar-refractivity contribution >= 4 is 37.8 Å². The highest BCUT2D eigenvalue weighted by Crippen LogP contribution is 2.24. The molecule has 1 amide bonds. The van der Waals surface area contributed by atoms with Crippen LogP contribution in [0.5, 0.6) is 0 Å². The third-order valence-corrected chi connectivity index (χ3v) is 4.49. The third kappa shape index (κ3) is 3.13. The lowest BCUT2D eigenvalue weighted by Crippen LogP contribution is -2.44. The number of nitrogens with zero attached hydrogens (tertiary/aromatic N) is 1. The van der Waals surface area contributed by atoms with Gasteiger partial charge >= 0.3 is 0 Å². The van der Waals surface area contributed by atoms with Gasteiger partial charge in [-0.25, -0.2) is 0 Å². The van der Waals surface area contributed by atoms with Crippen molar-refractivity contribution in [1.29, 1.82) is 0 Å². The van der Waals surface area contributed by atoms with Gasteiger partial charge in [0, 0.05) is 22.0 Å². The predicted octanol–water partition coefficient (Wildman–Crippen LogP) is 3.04. The second-order valence-corrected chi connectivity index (χ2v) is 6.29. The number of rotatable bonds is 2. The number of benzene rings is 1. The topological polar surface area (TPSA) is 32.3 Å². The fourth-order valence-corrected chi connectivity index (χ4v) is 3.43. The van der Waals surface area contributed by atoms with Gasteiger partial charge in [0.15, 0.2) is 0 Å². The van der Waals surface area contributed by atoms with Crippen molar-refractivity contribution in [3.63, 3.8) is 0 Å². The quantitative estimate of drug-likeness (QED) is 0.861. The molecular weight excluding hydrogens is 360 g/mol. The van der Waals surface area contributed by atoms with E-state index in [0.717, 1.165) is 40.4 Å². The van der Waals surface area contributed by atoms with Gasteiger partial charge in [0.1, 0.15) is 0 Å². The first-order valence-corrected chi connectivity index (χ1v) is 7.61. The van der Waals surface area contributed by atoms with Gasteiger partial charge in [-0.05, 0) is 60.1 Å². The minimum Gasteiger partial charge on any atom is -0.339 e. The summed E-state index contributed by atoms with van der Waals surface area (Å²) in [4.78, 5) is 14.3. The minimum absolute atomic E-state index is 0.0845. The molecule has 0 aromatic heterocycles. The van der Waals surface area contributed by atoms with Gasteiger partial charge in [-0.3, -0.25) is 4.79 Å². The van der Waals surface area contributed by atoms with Crippen molar-refractivity contribution in [3.8, 4) is 0 Å². The van der Waals surface area contributed by atoms with Crippen LogP contribution >= 0.6 is 31.9 Å². The molecule has 0 atom stereocenters. The summed E-state index contributed by atoms with van der Waals surface area (Å²) >= 11 is 6.85. The van der Waals surface area contributed by atoms with Crippen molar-refractivity contribution in [1.82, 2.24) is 10.2 Å². The number of carbonyl (C=O) groups excluding carboxylic acids is 1. The Labute approximate surface area is 124 Å². The smallest absolute Gasteiger partial charge is 0.254 e. The first-order valence-electron chi connectivity index (χ1n) is 6.02. The van der Waals surface area contributed by atoms with Crippen LogP contribution in [0.3, 0.4) is 0 Å². The van der Waals surface area contributed by atoms with Crippen LogP contribution in [0.1, 0.15) is 23.2 Å². The molecule has 5 heteroatoms. The van der Waals surface area contributed by atoms with Gasteiger partial charge in [-0.1, -0.05) is 15.9 Å². The van der Waals surface area contributed by atoms with Gasteiger partial charge < -0.3 is 10.2 Å². The zero-order valence-electron chi connectivity index (χ0n) is 10.2. The van der Waals surface area contributed by atoms with E-state index in [-0.39, 0.29) is 5.91 Å². The molecule has 1 aliphatic rings. The van der Waals surface area contributed by atoms with Gasteiger partial charge in [0.05, 0.1) is 5.56 Å². The van der Waals surface area contributed by atoms with Gasteiger partial charge in [-0.15, -0.1) is 0 Å². The van der Waals surface area contributed by atoms with Gasteiger partial charge in [0.2, 0.25) is 0 Å². The summed E-state index contributed by atoms with van der Waals surface area (Å²) in [6.07, 6.45) is 2.05. The Morgan fingerprint density at radius 2 is 2.00 bits per heavy atom. The summed E-state index contributed by atoms with van der Waals surface area (Å²) < 4.78 is 1.80. The van der Waals surface area contributed by atoms with Crippen molar-refractivity contribution in [2.75, 3.05) is 20.1 Å². The number of hydrogen-bond acceptors (Lipinski definition) is 2. The molecule has 1 aliphatic heterocycles. The number of carbonyl (C=O) groups is 1.